The Balaban J connectivity index is 1.42. The van der Waals surface area contributed by atoms with Crippen LogP contribution in [0.4, 0.5) is 0 Å². The summed E-state index contributed by atoms with van der Waals surface area (Å²) in [6.07, 6.45) is -0.275. The lowest BCUT2D eigenvalue weighted by molar-refractivity contribution is -0.120. The summed E-state index contributed by atoms with van der Waals surface area (Å²) in [6.45, 7) is 0.516. The number of benzene rings is 2. The molecule has 1 aliphatic heterocycles. The minimum absolute atomic E-state index is 0.129. The number of rotatable bonds is 5. The molecule has 130 valence electrons. The molecule has 0 fully saturated rings. The molecule has 7 heteroatoms. The molecule has 0 radical (unpaired) electrons. The van der Waals surface area contributed by atoms with Gasteiger partial charge in [0.15, 0.2) is 11.5 Å². The van der Waals surface area contributed by atoms with Crippen LogP contribution in [0, 0.1) is 0 Å². The van der Waals surface area contributed by atoms with Crippen LogP contribution in [0.1, 0.15) is 10.4 Å². The highest BCUT2D eigenvalue weighted by Crippen LogP contribution is 2.30. The Labute approximate surface area is 150 Å². The van der Waals surface area contributed by atoms with Crippen molar-refractivity contribution in [2.45, 2.75) is 6.10 Å². The molecular weight excluding hydrogens is 344 g/mol. The second kappa shape index (κ2) is 7.90. The largest absolute Gasteiger partial charge is 0.486 e. The first-order chi connectivity index (χ1) is 12.1. The van der Waals surface area contributed by atoms with Gasteiger partial charge < -0.3 is 20.1 Å². The predicted octanol–water partition coefficient (Wildman–Crippen LogP) is 2.03. The molecule has 0 saturated carbocycles. The zero-order valence-corrected chi connectivity index (χ0v) is 14.1. The second-order valence-electron chi connectivity index (χ2n) is 5.49. The van der Waals surface area contributed by atoms with E-state index in [0.29, 0.717) is 35.2 Å². The first kappa shape index (κ1) is 17.1. The third-order valence-corrected chi connectivity index (χ3v) is 3.83. The summed E-state index contributed by atoms with van der Waals surface area (Å²) >= 11 is 5.84. The minimum atomic E-state index is -0.358. The number of amides is 2. The summed E-state index contributed by atoms with van der Waals surface area (Å²) in [5.74, 6) is 0.683. The van der Waals surface area contributed by atoms with Gasteiger partial charge in [-0.2, -0.15) is 0 Å². The molecule has 3 rings (SSSR count). The van der Waals surface area contributed by atoms with Gasteiger partial charge in [-0.1, -0.05) is 29.8 Å². The van der Waals surface area contributed by atoms with Crippen LogP contribution >= 0.6 is 11.6 Å². The number of carbonyl (C=O) groups is 2. The first-order valence-electron chi connectivity index (χ1n) is 7.81. The van der Waals surface area contributed by atoms with E-state index in [0.717, 1.165) is 0 Å². The Kier molecular flexibility index (Phi) is 5.40. The molecule has 25 heavy (non-hydrogen) atoms. The van der Waals surface area contributed by atoms with Crippen molar-refractivity contribution in [3.05, 3.63) is 59.1 Å². The fourth-order valence-corrected chi connectivity index (χ4v) is 2.54. The molecule has 2 amide bonds. The highest BCUT2D eigenvalue weighted by molar-refractivity contribution is 6.30. The van der Waals surface area contributed by atoms with E-state index in [-0.39, 0.29) is 24.5 Å². The van der Waals surface area contributed by atoms with Crippen LogP contribution in [-0.4, -0.2) is 37.6 Å². The molecule has 1 heterocycles. The Hall–Kier alpha value is -2.73. The highest BCUT2D eigenvalue weighted by atomic mass is 35.5. The maximum atomic E-state index is 12.0. The Bertz CT molecular complexity index is 781. The van der Waals surface area contributed by atoms with Crippen molar-refractivity contribution in [1.82, 2.24) is 10.6 Å². The molecule has 6 nitrogen and oxygen atoms in total. The topological polar surface area (TPSA) is 76.7 Å². The van der Waals surface area contributed by atoms with Gasteiger partial charge in [0.1, 0.15) is 12.7 Å². The molecule has 0 aromatic heterocycles. The van der Waals surface area contributed by atoms with Crippen LogP contribution in [0.15, 0.2) is 48.5 Å². The van der Waals surface area contributed by atoms with Gasteiger partial charge in [0.2, 0.25) is 5.91 Å². The third-order valence-electron chi connectivity index (χ3n) is 3.59. The normalized spacial score (nSPS) is 15.3. The fraction of sp³-hybridized carbons (Fsp3) is 0.222. The lowest BCUT2D eigenvalue weighted by Crippen LogP contribution is -2.44. The van der Waals surface area contributed by atoms with Crippen LogP contribution in [0.2, 0.25) is 5.02 Å². The number of ether oxygens (including phenoxy) is 2. The molecule has 0 aliphatic carbocycles. The molecule has 2 N–H and O–H groups in total. The smallest absolute Gasteiger partial charge is 0.251 e. The lowest BCUT2D eigenvalue weighted by atomic mass is 10.2. The number of nitrogens with one attached hydrogen (secondary N) is 2. The fourth-order valence-electron chi connectivity index (χ4n) is 2.35. The van der Waals surface area contributed by atoms with Crippen molar-refractivity contribution in [2.24, 2.45) is 0 Å². The molecular formula is C18H17ClN2O4. The standard InChI is InChI=1S/C18H17ClN2O4/c19-13-5-3-4-12(8-13)18(23)21-10-17(22)20-9-14-11-24-15-6-1-2-7-16(15)25-14/h1-8,14H,9-11H2,(H,20,22)(H,21,23). The van der Waals surface area contributed by atoms with Crippen molar-refractivity contribution < 1.29 is 19.1 Å². The molecule has 2 aromatic carbocycles. The van der Waals surface area contributed by atoms with E-state index in [1.165, 1.54) is 0 Å². The Morgan fingerprint density at radius 2 is 1.88 bits per heavy atom. The summed E-state index contributed by atoms with van der Waals surface area (Å²) in [6, 6.07) is 13.9. The van der Waals surface area contributed by atoms with Gasteiger partial charge in [0, 0.05) is 10.6 Å². The van der Waals surface area contributed by atoms with Gasteiger partial charge >= 0.3 is 0 Å². The SMILES string of the molecule is O=C(CNC(=O)c1cccc(Cl)c1)NCC1COc2ccccc2O1. The van der Waals surface area contributed by atoms with Gasteiger partial charge in [-0.3, -0.25) is 9.59 Å². The van der Waals surface area contributed by atoms with Crippen molar-refractivity contribution in [1.29, 1.82) is 0 Å². The number of para-hydroxylation sites is 2. The zero-order chi connectivity index (χ0) is 17.6. The predicted molar refractivity (Wildman–Crippen MR) is 93.1 cm³/mol. The molecule has 2 aromatic rings. The summed E-state index contributed by atoms with van der Waals surface area (Å²) in [5.41, 5.74) is 0.404. The molecule has 1 aliphatic rings. The van der Waals surface area contributed by atoms with Crippen molar-refractivity contribution >= 4 is 23.4 Å². The van der Waals surface area contributed by atoms with Crippen molar-refractivity contribution in [2.75, 3.05) is 19.7 Å². The van der Waals surface area contributed by atoms with E-state index in [1.54, 1.807) is 24.3 Å². The van der Waals surface area contributed by atoms with Crippen molar-refractivity contribution in [3.8, 4) is 11.5 Å². The Morgan fingerprint density at radius 1 is 1.08 bits per heavy atom. The first-order valence-corrected chi connectivity index (χ1v) is 8.18. The van der Waals surface area contributed by atoms with Gasteiger partial charge in [0.25, 0.3) is 5.91 Å². The second-order valence-corrected chi connectivity index (χ2v) is 5.93. The number of carbonyl (C=O) groups excluding carboxylic acids is 2. The summed E-state index contributed by atoms with van der Waals surface area (Å²) in [7, 11) is 0. The van der Waals surface area contributed by atoms with Gasteiger partial charge in [-0.15, -0.1) is 0 Å². The van der Waals surface area contributed by atoms with E-state index in [1.807, 2.05) is 24.3 Å². The highest BCUT2D eigenvalue weighted by Gasteiger charge is 2.21. The average Bonchev–Trinajstić information content (AvgIpc) is 2.64. The average molecular weight is 361 g/mol. The third kappa shape index (κ3) is 4.64. The molecule has 1 unspecified atom stereocenters. The van der Waals surface area contributed by atoms with Crippen LogP contribution in [0.3, 0.4) is 0 Å². The molecule has 0 spiro atoms. The van der Waals surface area contributed by atoms with Gasteiger partial charge in [0.05, 0.1) is 13.1 Å². The lowest BCUT2D eigenvalue weighted by Gasteiger charge is -2.26. The van der Waals surface area contributed by atoms with E-state index in [9.17, 15) is 9.59 Å². The minimum Gasteiger partial charge on any atom is -0.486 e. The van der Waals surface area contributed by atoms with Crippen LogP contribution in [0.5, 0.6) is 11.5 Å². The number of halogens is 1. The van der Waals surface area contributed by atoms with E-state index < -0.39 is 0 Å². The number of hydrogen-bond acceptors (Lipinski definition) is 4. The zero-order valence-electron chi connectivity index (χ0n) is 13.3. The summed E-state index contributed by atoms with van der Waals surface area (Å²) < 4.78 is 11.3. The Morgan fingerprint density at radius 3 is 2.68 bits per heavy atom. The number of hydrogen-bond donors (Lipinski definition) is 2. The maximum absolute atomic E-state index is 12.0. The van der Waals surface area contributed by atoms with Crippen molar-refractivity contribution in [3.63, 3.8) is 0 Å². The van der Waals surface area contributed by atoms with E-state index >= 15 is 0 Å². The number of fused-ring (bicyclic) bond motifs is 1. The van der Waals surface area contributed by atoms with Gasteiger partial charge in [-0.25, -0.2) is 0 Å². The van der Waals surface area contributed by atoms with Crippen LogP contribution in [-0.2, 0) is 4.79 Å². The van der Waals surface area contributed by atoms with E-state index in [2.05, 4.69) is 10.6 Å². The maximum Gasteiger partial charge on any atom is 0.251 e. The quantitative estimate of drug-likeness (QED) is 0.855. The summed E-state index contributed by atoms with van der Waals surface area (Å²) in [5, 5.41) is 5.73. The van der Waals surface area contributed by atoms with Gasteiger partial charge in [-0.05, 0) is 30.3 Å². The monoisotopic (exact) mass is 360 g/mol. The van der Waals surface area contributed by atoms with E-state index in [4.69, 9.17) is 21.1 Å². The van der Waals surface area contributed by atoms with Crippen LogP contribution in [0.25, 0.3) is 0 Å². The van der Waals surface area contributed by atoms with Crippen LogP contribution < -0.4 is 20.1 Å². The molecule has 0 saturated heterocycles. The summed E-state index contributed by atoms with van der Waals surface area (Å²) in [4.78, 5) is 23.8. The molecule has 0 bridgehead atoms. The molecule has 1 atom stereocenters.